The number of ketones is 1. The van der Waals surface area contributed by atoms with Crippen molar-refractivity contribution in [2.75, 3.05) is 7.05 Å². The number of Topliss-reactive ketones (excluding diaryl/α,β-unsaturated/α-hetero) is 1. The van der Waals surface area contributed by atoms with Gasteiger partial charge in [-0.2, -0.15) is 0 Å². The van der Waals surface area contributed by atoms with Crippen LogP contribution in [0.25, 0.3) is 0 Å². The van der Waals surface area contributed by atoms with Crippen molar-refractivity contribution in [2.45, 2.75) is 25.9 Å². The summed E-state index contributed by atoms with van der Waals surface area (Å²) in [5.41, 5.74) is -1.64. The fourth-order valence-electron chi connectivity index (χ4n) is 1.52. The van der Waals surface area contributed by atoms with Gasteiger partial charge in [0.1, 0.15) is 5.78 Å². The summed E-state index contributed by atoms with van der Waals surface area (Å²) < 4.78 is 0. The Kier molecular flexibility index (Phi) is 2.77. The highest BCUT2D eigenvalue weighted by atomic mass is 16.3. The first-order chi connectivity index (χ1) is 6.79. The Morgan fingerprint density at radius 3 is 2.53 bits per heavy atom. The third kappa shape index (κ3) is 1.83. The minimum atomic E-state index is -1.85. The van der Waals surface area contributed by atoms with Gasteiger partial charge in [-0.05, 0) is 19.4 Å². The molecule has 1 aliphatic heterocycles. The summed E-state index contributed by atoms with van der Waals surface area (Å²) >= 11 is 0. The quantitative estimate of drug-likeness (QED) is 0.633. The standard InChI is InChI=1S/C10H13NO4/c1-6-4-8(13)11(3)9(14)10(6,15)5-7(2)12/h4,15H,5H2,1-3H3/t10-/m1/s1. The van der Waals surface area contributed by atoms with Gasteiger partial charge in [0.25, 0.3) is 11.8 Å². The van der Waals surface area contributed by atoms with Crippen molar-refractivity contribution in [1.29, 1.82) is 0 Å². The van der Waals surface area contributed by atoms with E-state index in [1.54, 1.807) is 0 Å². The lowest BCUT2D eigenvalue weighted by molar-refractivity contribution is -0.156. The zero-order chi connectivity index (χ0) is 11.8. The lowest BCUT2D eigenvalue weighted by atomic mass is 9.85. The molecule has 5 nitrogen and oxygen atoms in total. The van der Waals surface area contributed by atoms with Crippen LogP contribution >= 0.6 is 0 Å². The van der Waals surface area contributed by atoms with E-state index in [0.717, 1.165) is 4.90 Å². The molecule has 1 aliphatic rings. The number of carbonyl (C=O) groups excluding carboxylic acids is 3. The number of hydrogen-bond acceptors (Lipinski definition) is 4. The summed E-state index contributed by atoms with van der Waals surface area (Å²) in [7, 11) is 1.28. The SMILES string of the molecule is CC(=O)C[C@]1(O)C(=O)N(C)C(=O)C=C1C. The average Bonchev–Trinajstić information content (AvgIpc) is 2.11. The molecule has 0 saturated carbocycles. The van der Waals surface area contributed by atoms with Gasteiger partial charge in [0.2, 0.25) is 0 Å². The van der Waals surface area contributed by atoms with Crippen LogP contribution in [0.15, 0.2) is 11.6 Å². The van der Waals surface area contributed by atoms with Crippen LogP contribution < -0.4 is 0 Å². The highest BCUT2D eigenvalue weighted by molar-refractivity contribution is 6.10. The molecule has 0 bridgehead atoms. The first kappa shape index (κ1) is 11.6. The van der Waals surface area contributed by atoms with Crippen molar-refractivity contribution in [1.82, 2.24) is 4.90 Å². The number of amides is 2. The molecule has 1 heterocycles. The van der Waals surface area contributed by atoms with E-state index < -0.39 is 17.4 Å². The molecule has 0 spiro atoms. The number of hydrogen-bond donors (Lipinski definition) is 1. The van der Waals surface area contributed by atoms with Crippen molar-refractivity contribution in [3.05, 3.63) is 11.6 Å². The maximum absolute atomic E-state index is 11.7. The third-order valence-corrected chi connectivity index (χ3v) is 2.49. The van der Waals surface area contributed by atoms with E-state index >= 15 is 0 Å². The van der Waals surface area contributed by atoms with Crippen LogP contribution in [0.5, 0.6) is 0 Å². The van der Waals surface area contributed by atoms with Gasteiger partial charge in [-0.3, -0.25) is 19.3 Å². The maximum Gasteiger partial charge on any atom is 0.265 e. The van der Waals surface area contributed by atoms with Crippen molar-refractivity contribution in [2.24, 2.45) is 0 Å². The molecule has 0 fully saturated rings. The monoisotopic (exact) mass is 211 g/mol. The number of rotatable bonds is 2. The van der Waals surface area contributed by atoms with Crippen molar-refractivity contribution < 1.29 is 19.5 Å². The zero-order valence-electron chi connectivity index (χ0n) is 8.90. The molecule has 15 heavy (non-hydrogen) atoms. The molecule has 0 unspecified atom stereocenters. The predicted octanol–water partition coefficient (Wildman–Crippen LogP) is -0.359. The number of likely N-dealkylation sites (N-methyl/N-ethyl adjacent to an activating group) is 1. The average molecular weight is 211 g/mol. The maximum atomic E-state index is 11.7. The van der Waals surface area contributed by atoms with Crippen LogP contribution in [-0.2, 0) is 14.4 Å². The molecule has 0 saturated heterocycles. The first-order valence-electron chi connectivity index (χ1n) is 4.51. The van der Waals surface area contributed by atoms with Gasteiger partial charge in [-0.1, -0.05) is 0 Å². The van der Waals surface area contributed by atoms with E-state index in [1.807, 2.05) is 0 Å². The molecule has 0 aromatic heterocycles. The molecule has 1 atom stereocenters. The second kappa shape index (κ2) is 3.58. The van der Waals surface area contributed by atoms with E-state index in [1.165, 1.54) is 27.0 Å². The summed E-state index contributed by atoms with van der Waals surface area (Å²) in [6, 6.07) is 0. The van der Waals surface area contributed by atoms with E-state index in [4.69, 9.17) is 0 Å². The van der Waals surface area contributed by atoms with Crippen molar-refractivity contribution in [3.63, 3.8) is 0 Å². The molecule has 2 amide bonds. The van der Waals surface area contributed by atoms with E-state index in [2.05, 4.69) is 0 Å². The molecular formula is C10H13NO4. The summed E-state index contributed by atoms with van der Waals surface area (Å²) in [6.45, 7) is 2.75. The molecule has 5 heteroatoms. The van der Waals surface area contributed by atoms with Crippen LogP contribution in [0.4, 0.5) is 0 Å². The Bertz CT molecular complexity index is 372. The largest absolute Gasteiger partial charge is 0.375 e. The normalized spacial score (nSPS) is 26.7. The second-order valence-corrected chi connectivity index (χ2v) is 3.77. The highest BCUT2D eigenvalue weighted by Crippen LogP contribution is 2.27. The summed E-state index contributed by atoms with van der Waals surface area (Å²) in [4.78, 5) is 34.7. The Labute approximate surface area is 87.4 Å². The minimum Gasteiger partial charge on any atom is -0.375 e. The number of carbonyl (C=O) groups is 3. The predicted molar refractivity (Wildman–Crippen MR) is 51.8 cm³/mol. The fourth-order valence-corrected chi connectivity index (χ4v) is 1.52. The van der Waals surface area contributed by atoms with Crippen LogP contribution in [0.2, 0.25) is 0 Å². The van der Waals surface area contributed by atoms with E-state index in [0.29, 0.717) is 0 Å². The molecule has 0 aliphatic carbocycles. The van der Waals surface area contributed by atoms with Gasteiger partial charge in [0.15, 0.2) is 5.60 Å². The van der Waals surface area contributed by atoms with Crippen LogP contribution in [-0.4, -0.2) is 40.3 Å². The lowest BCUT2D eigenvalue weighted by Gasteiger charge is -2.33. The van der Waals surface area contributed by atoms with Crippen molar-refractivity contribution >= 4 is 17.6 Å². The van der Waals surface area contributed by atoms with Gasteiger partial charge in [0, 0.05) is 19.5 Å². The Morgan fingerprint density at radius 2 is 2.07 bits per heavy atom. The number of nitrogens with zero attached hydrogens (tertiary/aromatic N) is 1. The Balaban J connectivity index is 3.17. The highest BCUT2D eigenvalue weighted by Gasteiger charge is 2.45. The molecule has 82 valence electrons. The molecule has 1 N–H and O–H groups in total. The Hall–Kier alpha value is -1.49. The van der Waals surface area contributed by atoms with Crippen LogP contribution in [0.1, 0.15) is 20.3 Å². The second-order valence-electron chi connectivity index (χ2n) is 3.77. The van der Waals surface area contributed by atoms with Gasteiger partial charge >= 0.3 is 0 Å². The minimum absolute atomic E-state index is 0.214. The molecule has 0 radical (unpaired) electrons. The first-order valence-corrected chi connectivity index (χ1v) is 4.51. The topological polar surface area (TPSA) is 74.7 Å². The van der Waals surface area contributed by atoms with E-state index in [-0.39, 0.29) is 17.8 Å². The van der Waals surface area contributed by atoms with Crippen LogP contribution in [0, 0.1) is 0 Å². The van der Waals surface area contributed by atoms with Gasteiger partial charge in [-0.25, -0.2) is 0 Å². The summed E-state index contributed by atoms with van der Waals surface area (Å²) in [5.74, 6) is -1.53. The van der Waals surface area contributed by atoms with Gasteiger partial charge in [0.05, 0.1) is 0 Å². The molecule has 1 rings (SSSR count). The fraction of sp³-hybridized carbons (Fsp3) is 0.500. The lowest BCUT2D eigenvalue weighted by Crippen LogP contribution is -2.54. The van der Waals surface area contributed by atoms with Gasteiger partial charge < -0.3 is 5.11 Å². The number of imide groups is 1. The molecule has 0 aromatic carbocycles. The number of aliphatic hydroxyl groups is 1. The van der Waals surface area contributed by atoms with Crippen molar-refractivity contribution in [3.8, 4) is 0 Å². The third-order valence-electron chi connectivity index (χ3n) is 2.49. The smallest absolute Gasteiger partial charge is 0.265 e. The molecular weight excluding hydrogens is 198 g/mol. The summed E-state index contributed by atoms with van der Waals surface area (Å²) in [5, 5.41) is 10.0. The van der Waals surface area contributed by atoms with E-state index in [9.17, 15) is 19.5 Å². The van der Waals surface area contributed by atoms with Crippen LogP contribution in [0.3, 0.4) is 0 Å². The summed E-state index contributed by atoms with van der Waals surface area (Å²) in [6.07, 6.45) is 0.871. The Morgan fingerprint density at radius 1 is 1.53 bits per heavy atom. The molecule has 0 aromatic rings. The van der Waals surface area contributed by atoms with Gasteiger partial charge in [-0.15, -0.1) is 0 Å². The zero-order valence-corrected chi connectivity index (χ0v) is 8.90.